The van der Waals surface area contributed by atoms with Gasteiger partial charge < -0.3 is 15.2 Å². The third-order valence-corrected chi connectivity index (χ3v) is 3.18. The maximum atomic E-state index is 13.7. The van der Waals surface area contributed by atoms with Crippen molar-refractivity contribution in [1.29, 1.82) is 0 Å². The Hall–Kier alpha value is -1.13. The molecule has 1 fully saturated rings. The highest BCUT2D eigenvalue weighted by Crippen LogP contribution is 2.22. The van der Waals surface area contributed by atoms with E-state index in [1.165, 1.54) is 6.07 Å². The monoisotopic (exact) mass is 253 g/mol. The zero-order chi connectivity index (χ0) is 13.0. The van der Waals surface area contributed by atoms with Crippen LogP contribution in [0.4, 0.5) is 4.39 Å². The smallest absolute Gasteiger partial charge is 0.165 e. The van der Waals surface area contributed by atoms with Crippen LogP contribution in [-0.2, 0) is 4.74 Å². The molecule has 2 rings (SSSR count). The van der Waals surface area contributed by atoms with Crippen molar-refractivity contribution in [3.63, 3.8) is 0 Å². The molecule has 1 aromatic carbocycles. The van der Waals surface area contributed by atoms with Crippen molar-refractivity contribution in [1.82, 2.24) is 0 Å². The summed E-state index contributed by atoms with van der Waals surface area (Å²) in [6.45, 7) is 3.01. The lowest BCUT2D eigenvalue weighted by molar-refractivity contribution is -0.0117. The molecular weight excluding hydrogens is 233 g/mol. The van der Waals surface area contributed by atoms with Gasteiger partial charge in [0.2, 0.25) is 0 Å². The standard InChI is InChI=1S/C14H20FNO2/c1-10(16)11-5-6-14(13(15)8-11)18-9-12-4-2-3-7-17-12/h5-6,8,10,12H,2-4,7,9,16H2,1H3/t10-,12+/m0/s1. The molecule has 0 spiro atoms. The first-order chi connectivity index (χ1) is 8.66. The van der Waals surface area contributed by atoms with Gasteiger partial charge in [-0.05, 0) is 43.9 Å². The number of hydrogen-bond donors (Lipinski definition) is 1. The fraction of sp³-hybridized carbons (Fsp3) is 0.571. The summed E-state index contributed by atoms with van der Waals surface area (Å²) in [6.07, 6.45) is 3.33. The molecular formula is C14H20FNO2. The van der Waals surface area contributed by atoms with Crippen LogP contribution in [0.25, 0.3) is 0 Å². The van der Waals surface area contributed by atoms with Crippen LogP contribution in [0.1, 0.15) is 37.8 Å². The van der Waals surface area contributed by atoms with E-state index in [-0.39, 0.29) is 23.7 Å². The summed E-state index contributed by atoms with van der Waals surface area (Å²) >= 11 is 0. The van der Waals surface area contributed by atoms with Crippen LogP contribution in [0.15, 0.2) is 18.2 Å². The molecule has 1 aromatic rings. The van der Waals surface area contributed by atoms with E-state index in [0.717, 1.165) is 31.4 Å². The van der Waals surface area contributed by atoms with Crippen LogP contribution in [0.3, 0.4) is 0 Å². The molecule has 0 amide bonds. The number of rotatable bonds is 4. The minimum absolute atomic E-state index is 0.0891. The summed E-state index contributed by atoms with van der Waals surface area (Å²) in [4.78, 5) is 0. The van der Waals surface area contributed by atoms with Crippen molar-refractivity contribution in [3.05, 3.63) is 29.6 Å². The molecule has 18 heavy (non-hydrogen) atoms. The predicted molar refractivity (Wildman–Crippen MR) is 68.1 cm³/mol. The number of nitrogens with two attached hydrogens (primary N) is 1. The summed E-state index contributed by atoms with van der Waals surface area (Å²) in [5, 5.41) is 0. The zero-order valence-electron chi connectivity index (χ0n) is 10.7. The zero-order valence-corrected chi connectivity index (χ0v) is 10.7. The van der Waals surface area contributed by atoms with E-state index in [1.807, 2.05) is 6.92 Å². The first-order valence-electron chi connectivity index (χ1n) is 6.46. The Labute approximate surface area is 107 Å². The predicted octanol–water partition coefficient (Wildman–Crippen LogP) is 2.79. The van der Waals surface area contributed by atoms with Gasteiger partial charge >= 0.3 is 0 Å². The van der Waals surface area contributed by atoms with Crippen molar-refractivity contribution < 1.29 is 13.9 Å². The SMILES string of the molecule is C[C@H](N)c1ccc(OC[C@H]2CCCCO2)c(F)c1. The first-order valence-corrected chi connectivity index (χ1v) is 6.46. The van der Waals surface area contributed by atoms with Crippen LogP contribution >= 0.6 is 0 Å². The second kappa shape index (κ2) is 6.16. The second-order valence-electron chi connectivity index (χ2n) is 4.78. The highest BCUT2D eigenvalue weighted by molar-refractivity contribution is 5.30. The normalized spacial score (nSPS) is 21.6. The molecule has 0 saturated carbocycles. The average molecular weight is 253 g/mol. The molecule has 1 heterocycles. The largest absolute Gasteiger partial charge is 0.488 e. The van der Waals surface area contributed by atoms with Crippen LogP contribution < -0.4 is 10.5 Å². The Kier molecular flexibility index (Phi) is 4.55. The number of benzene rings is 1. The lowest BCUT2D eigenvalue weighted by Crippen LogP contribution is -2.26. The van der Waals surface area contributed by atoms with Gasteiger partial charge in [0.05, 0.1) is 6.10 Å². The molecule has 1 aliphatic rings. The molecule has 1 saturated heterocycles. The lowest BCUT2D eigenvalue weighted by Gasteiger charge is -2.22. The maximum Gasteiger partial charge on any atom is 0.165 e. The lowest BCUT2D eigenvalue weighted by atomic mass is 10.1. The van der Waals surface area contributed by atoms with Crippen molar-refractivity contribution >= 4 is 0 Å². The minimum atomic E-state index is -0.361. The van der Waals surface area contributed by atoms with Crippen LogP contribution in [0, 0.1) is 5.82 Å². The number of halogens is 1. The van der Waals surface area contributed by atoms with Crippen molar-refractivity contribution in [3.8, 4) is 5.75 Å². The van der Waals surface area contributed by atoms with Crippen molar-refractivity contribution in [2.24, 2.45) is 5.73 Å². The highest BCUT2D eigenvalue weighted by Gasteiger charge is 2.15. The Morgan fingerprint density at radius 2 is 2.33 bits per heavy atom. The topological polar surface area (TPSA) is 44.5 Å². The van der Waals surface area contributed by atoms with E-state index in [9.17, 15) is 4.39 Å². The van der Waals surface area contributed by atoms with Crippen molar-refractivity contribution in [2.45, 2.75) is 38.3 Å². The molecule has 2 N–H and O–H groups in total. The second-order valence-corrected chi connectivity index (χ2v) is 4.78. The Morgan fingerprint density at radius 3 is 2.94 bits per heavy atom. The van der Waals surface area contributed by atoms with E-state index in [1.54, 1.807) is 12.1 Å². The van der Waals surface area contributed by atoms with E-state index < -0.39 is 0 Å². The fourth-order valence-corrected chi connectivity index (χ4v) is 2.04. The van der Waals surface area contributed by atoms with E-state index in [4.69, 9.17) is 15.2 Å². The molecule has 4 heteroatoms. The Balaban J connectivity index is 1.92. The van der Waals surface area contributed by atoms with E-state index >= 15 is 0 Å². The first kappa shape index (κ1) is 13.3. The summed E-state index contributed by atoms with van der Waals surface area (Å²) in [6, 6.07) is 4.69. The third-order valence-electron chi connectivity index (χ3n) is 3.18. The molecule has 3 nitrogen and oxygen atoms in total. The molecule has 100 valence electrons. The van der Waals surface area contributed by atoms with Gasteiger partial charge in [0, 0.05) is 12.6 Å². The summed E-state index contributed by atoms with van der Waals surface area (Å²) in [5.74, 6) is -0.0887. The van der Waals surface area contributed by atoms with Crippen LogP contribution in [-0.4, -0.2) is 19.3 Å². The van der Waals surface area contributed by atoms with E-state index in [0.29, 0.717) is 6.61 Å². The summed E-state index contributed by atoms with van der Waals surface area (Å²) in [5.41, 5.74) is 6.47. The van der Waals surface area contributed by atoms with E-state index in [2.05, 4.69) is 0 Å². The minimum Gasteiger partial charge on any atom is -0.488 e. The molecule has 0 aromatic heterocycles. The quantitative estimate of drug-likeness (QED) is 0.897. The van der Waals surface area contributed by atoms with Gasteiger partial charge in [-0.25, -0.2) is 4.39 Å². The van der Waals surface area contributed by atoms with Gasteiger partial charge in [0.15, 0.2) is 11.6 Å². The molecule has 0 bridgehead atoms. The molecule has 0 radical (unpaired) electrons. The van der Waals surface area contributed by atoms with Gasteiger partial charge in [-0.15, -0.1) is 0 Å². The van der Waals surface area contributed by atoms with Gasteiger partial charge in [-0.3, -0.25) is 0 Å². The number of ether oxygens (including phenoxy) is 2. The molecule has 0 aliphatic carbocycles. The maximum absolute atomic E-state index is 13.7. The van der Waals surface area contributed by atoms with Gasteiger partial charge in [0.25, 0.3) is 0 Å². The summed E-state index contributed by atoms with van der Waals surface area (Å²) in [7, 11) is 0. The fourth-order valence-electron chi connectivity index (χ4n) is 2.04. The Bertz CT molecular complexity index is 389. The Morgan fingerprint density at radius 1 is 1.50 bits per heavy atom. The molecule has 2 atom stereocenters. The van der Waals surface area contributed by atoms with Crippen LogP contribution in [0.5, 0.6) is 5.75 Å². The highest BCUT2D eigenvalue weighted by atomic mass is 19.1. The molecule has 0 unspecified atom stereocenters. The summed E-state index contributed by atoms with van der Waals surface area (Å²) < 4.78 is 24.7. The van der Waals surface area contributed by atoms with Gasteiger partial charge in [0.1, 0.15) is 6.61 Å². The van der Waals surface area contributed by atoms with Crippen molar-refractivity contribution in [2.75, 3.05) is 13.2 Å². The molecule has 1 aliphatic heterocycles. The van der Waals surface area contributed by atoms with Gasteiger partial charge in [-0.2, -0.15) is 0 Å². The average Bonchev–Trinajstić information content (AvgIpc) is 2.38. The third kappa shape index (κ3) is 3.43. The van der Waals surface area contributed by atoms with Crippen LogP contribution in [0.2, 0.25) is 0 Å². The van der Waals surface area contributed by atoms with Gasteiger partial charge in [-0.1, -0.05) is 6.07 Å². The number of hydrogen-bond acceptors (Lipinski definition) is 3.